The molecule has 166 valence electrons. The van der Waals surface area contributed by atoms with Crippen molar-refractivity contribution in [1.29, 1.82) is 0 Å². The van der Waals surface area contributed by atoms with Crippen LogP contribution in [-0.2, 0) is 15.0 Å². The van der Waals surface area contributed by atoms with E-state index in [9.17, 15) is 9.59 Å². The fourth-order valence-electron chi connectivity index (χ4n) is 4.05. The first kappa shape index (κ1) is 22.0. The van der Waals surface area contributed by atoms with E-state index in [0.717, 1.165) is 44.9 Å². The summed E-state index contributed by atoms with van der Waals surface area (Å²) in [5.74, 6) is 0.541. The highest BCUT2D eigenvalue weighted by Crippen LogP contribution is 2.42. The molecule has 1 aromatic heterocycles. The predicted octanol–water partition coefficient (Wildman–Crippen LogP) is 5.01. The Kier molecular flexibility index (Phi) is 5.54. The first-order chi connectivity index (χ1) is 15.1. The van der Waals surface area contributed by atoms with Gasteiger partial charge in [-0.05, 0) is 75.1 Å². The Morgan fingerprint density at radius 2 is 1.94 bits per heavy atom. The van der Waals surface area contributed by atoms with E-state index < -0.39 is 5.41 Å². The van der Waals surface area contributed by atoms with Gasteiger partial charge in [-0.1, -0.05) is 12.1 Å². The number of hydrogen-bond donors (Lipinski definition) is 1. The zero-order chi connectivity index (χ0) is 23.2. The molecule has 3 aromatic rings. The molecule has 1 aliphatic heterocycles. The number of carbonyl (C=O) groups excluding carboxylic acids is 2. The topological polar surface area (TPSA) is 71.5 Å². The van der Waals surface area contributed by atoms with E-state index in [4.69, 9.17) is 4.74 Å². The van der Waals surface area contributed by atoms with Crippen LogP contribution in [-0.4, -0.2) is 30.5 Å². The summed E-state index contributed by atoms with van der Waals surface area (Å²) in [6.45, 7) is 9.81. The number of thiazole rings is 1. The quantitative estimate of drug-likeness (QED) is 0.595. The van der Waals surface area contributed by atoms with E-state index in [2.05, 4.69) is 16.4 Å². The molecule has 0 aliphatic carbocycles. The van der Waals surface area contributed by atoms with Crippen molar-refractivity contribution in [3.63, 3.8) is 0 Å². The zero-order valence-electron chi connectivity index (χ0n) is 19.2. The molecule has 0 bridgehead atoms. The van der Waals surface area contributed by atoms with Crippen LogP contribution in [0.1, 0.15) is 36.1 Å². The Bertz CT molecular complexity index is 1230. The Morgan fingerprint density at radius 1 is 1.19 bits per heavy atom. The molecular formula is C25H27N3O3S. The molecule has 0 saturated carbocycles. The van der Waals surface area contributed by atoms with Crippen LogP contribution < -0.4 is 15.0 Å². The molecule has 0 saturated heterocycles. The molecule has 0 atom stereocenters. The molecule has 2 heterocycles. The number of fused-ring (bicyclic) bond motifs is 1. The third-order valence-corrected chi connectivity index (χ3v) is 6.80. The third kappa shape index (κ3) is 3.88. The maximum atomic E-state index is 12.5. The summed E-state index contributed by atoms with van der Waals surface area (Å²) in [5.41, 5.74) is 6.27. The van der Waals surface area contributed by atoms with E-state index in [1.54, 1.807) is 11.9 Å². The van der Waals surface area contributed by atoms with Gasteiger partial charge in [0, 0.05) is 23.7 Å². The van der Waals surface area contributed by atoms with Crippen LogP contribution in [0.25, 0.3) is 11.3 Å². The summed E-state index contributed by atoms with van der Waals surface area (Å²) in [6, 6.07) is 9.96. The number of nitrogens with one attached hydrogen (secondary N) is 1. The van der Waals surface area contributed by atoms with Gasteiger partial charge in [-0.25, -0.2) is 4.98 Å². The highest BCUT2D eigenvalue weighted by Gasteiger charge is 2.42. The lowest BCUT2D eigenvalue weighted by Crippen LogP contribution is -2.33. The Labute approximate surface area is 192 Å². The lowest BCUT2D eigenvalue weighted by molar-refractivity contribution is -0.121. The average Bonchev–Trinajstić information content (AvgIpc) is 3.27. The third-order valence-electron chi connectivity index (χ3n) is 6.04. The van der Waals surface area contributed by atoms with Crippen molar-refractivity contribution in [2.24, 2.45) is 0 Å². The highest BCUT2D eigenvalue weighted by molar-refractivity contribution is 7.14. The summed E-state index contributed by atoms with van der Waals surface area (Å²) < 4.78 is 5.75. The number of nitrogens with zero attached hydrogens (tertiary/aromatic N) is 2. The van der Waals surface area contributed by atoms with Crippen molar-refractivity contribution in [2.75, 3.05) is 23.9 Å². The molecule has 0 radical (unpaired) electrons. The van der Waals surface area contributed by atoms with E-state index in [-0.39, 0.29) is 18.4 Å². The molecular weight excluding hydrogens is 422 g/mol. The number of anilines is 2. The maximum absolute atomic E-state index is 12.5. The smallest absolute Gasteiger partial charge is 0.264 e. The van der Waals surface area contributed by atoms with Gasteiger partial charge in [0.1, 0.15) is 5.75 Å². The Balaban J connectivity index is 1.46. The normalized spacial score (nSPS) is 14.4. The minimum Gasteiger partial charge on any atom is -0.483 e. The van der Waals surface area contributed by atoms with Crippen LogP contribution >= 0.6 is 11.3 Å². The van der Waals surface area contributed by atoms with Crippen LogP contribution in [0, 0.1) is 20.8 Å². The van der Waals surface area contributed by atoms with Gasteiger partial charge < -0.3 is 9.64 Å². The second-order valence-corrected chi connectivity index (χ2v) is 9.66. The van der Waals surface area contributed by atoms with Gasteiger partial charge in [-0.15, -0.1) is 11.3 Å². The van der Waals surface area contributed by atoms with Crippen LogP contribution in [0.2, 0.25) is 0 Å². The van der Waals surface area contributed by atoms with Crippen LogP contribution in [0.3, 0.4) is 0 Å². The largest absolute Gasteiger partial charge is 0.483 e. The molecule has 7 heteroatoms. The number of hydrogen-bond acceptors (Lipinski definition) is 5. The summed E-state index contributed by atoms with van der Waals surface area (Å²) >= 11 is 1.36. The number of rotatable bonds is 5. The molecule has 32 heavy (non-hydrogen) atoms. The van der Waals surface area contributed by atoms with Gasteiger partial charge >= 0.3 is 0 Å². The molecule has 0 fully saturated rings. The number of benzene rings is 2. The van der Waals surface area contributed by atoms with E-state index in [0.29, 0.717) is 5.13 Å². The molecule has 4 rings (SSSR count). The predicted molar refractivity (Wildman–Crippen MR) is 129 cm³/mol. The molecule has 2 amide bonds. The molecule has 1 aliphatic rings. The molecule has 2 aromatic carbocycles. The van der Waals surface area contributed by atoms with Crippen LogP contribution in [0.4, 0.5) is 10.8 Å². The van der Waals surface area contributed by atoms with E-state index >= 15 is 0 Å². The zero-order valence-corrected chi connectivity index (χ0v) is 20.0. The summed E-state index contributed by atoms with van der Waals surface area (Å²) in [5, 5.41) is 5.23. The van der Waals surface area contributed by atoms with Gasteiger partial charge in [0.25, 0.3) is 5.91 Å². The number of likely N-dealkylation sites (N-methyl/N-ethyl adjacent to an activating group) is 1. The minimum atomic E-state index is -0.573. The minimum absolute atomic E-state index is 0.0786. The number of aromatic nitrogens is 1. The van der Waals surface area contributed by atoms with Gasteiger partial charge in [0.15, 0.2) is 11.7 Å². The van der Waals surface area contributed by atoms with Crippen molar-refractivity contribution in [1.82, 2.24) is 4.98 Å². The van der Waals surface area contributed by atoms with Crippen molar-refractivity contribution in [3.05, 3.63) is 58.0 Å². The van der Waals surface area contributed by atoms with Crippen molar-refractivity contribution >= 4 is 34.0 Å². The monoisotopic (exact) mass is 449 g/mol. The fraction of sp³-hybridized carbons (Fsp3) is 0.320. The number of carbonyl (C=O) groups is 2. The Morgan fingerprint density at radius 3 is 2.69 bits per heavy atom. The van der Waals surface area contributed by atoms with Crippen molar-refractivity contribution in [2.45, 2.75) is 40.0 Å². The number of amides is 2. The van der Waals surface area contributed by atoms with Crippen molar-refractivity contribution < 1.29 is 14.3 Å². The lowest BCUT2D eigenvalue weighted by atomic mass is 9.85. The lowest BCUT2D eigenvalue weighted by Gasteiger charge is -2.16. The fourth-order valence-corrected chi connectivity index (χ4v) is 4.78. The number of ether oxygens (including phenoxy) is 1. The maximum Gasteiger partial charge on any atom is 0.264 e. The number of aryl methyl sites for hydroxylation is 2. The summed E-state index contributed by atoms with van der Waals surface area (Å²) in [6.07, 6.45) is 0. The van der Waals surface area contributed by atoms with Crippen LogP contribution in [0.15, 0.2) is 35.7 Å². The molecule has 6 nitrogen and oxygen atoms in total. The summed E-state index contributed by atoms with van der Waals surface area (Å²) in [7, 11) is 1.80. The van der Waals surface area contributed by atoms with Gasteiger partial charge in [-0.2, -0.15) is 0 Å². The van der Waals surface area contributed by atoms with Crippen LogP contribution in [0.5, 0.6) is 5.75 Å². The van der Waals surface area contributed by atoms with Gasteiger partial charge in [-0.3, -0.25) is 14.9 Å². The first-order valence-corrected chi connectivity index (χ1v) is 11.3. The molecule has 1 N–H and O–H groups in total. The molecule has 0 unspecified atom stereocenters. The average molecular weight is 450 g/mol. The van der Waals surface area contributed by atoms with Gasteiger partial charge in [0.2, 0.25) is 5.91 Å². The molecule has 0 spiro atoms. The SMILES string of the molecule is Cc1cc(C)c(C)c(OCC(=O)Nc2nc(-c3ccc4c(c3)C(C)(C)C(=O)N4C)cs2)c1. The van der Waals surface area contributed by atoms with Crippen molar-refractivity contribution in [3.8, 4) is 17.0 Å². The van der Waals surface area contributed by atoms with E-state index in [1.165, 1.54) is 11.3 Å². The first-order valence-electron chi connectivity index (χ1n) is 10.5. The Hall–Kier alpha value is -3.19. The standard InChI is InChI=1S/C25H27N3O3S/c1-14-9-15(2)16(3)21(10-14)31-12-22(29)27-24-26-19(13-32-24)17-7-8-20-18(11-17)25(4,5)23(30)28(20)6/h7-11,13H,12H2,1-6H3,(H,26,27,29). The summed E-state index contributed by atoms with van der Waals surface area (Å²) in [4.78, 5) is 31.2. The second kappa shape index (κ2) is 8.06. The second-order valence-electron chi connectivity index (χ2n) is 8.80. The highest BCUT2D eigenvalue weighted by atomic mass is 32.1. The van der Waals surface area contributed by atoms with E-state index in [1.807, 2.05) is 64.3 Å². The van der Waals surface area contributed by atoms with Gasteiger partial charge in [0.05, 0.1) is 11.1 Å².